The molecule has 11 heteroatoms. The van der Waals surface area contributed by atoms with Gasteiger partial charge in [0.15, 0.2) is 5.96 Å². The fourth-order valence-corrected chi connectivity index (χ4v) is 0. The quantitative estimate of drug-likeness (QED) is 0.463. The summed E-state index contributed by atoms with van der Waals surface area (Å²) in [6.45, 7) is 0. The van der Waals surface area contributed by atoms with Gasteiger partial charge in [0.25, 0.3) is 0 Å². The minimum absolute atomic E-state index is 0. The summed E-state index contributed by atoms with van der Waals surface area (Å²) in [7, 11) is 0. The molecule has 0 atom stereocenters. The van der Waals surface area contributed by atoms with Crippen molar-refractivity contribution in [1.29, 1.82) is 5.41 Å². The third-order valence-electron chi connectivity index (χ3n) is 0. The zero-order valence-corrected chi connectivity index (χ0v) is 12.0. The van der Waals surface area contributed by atoms with E-state index in [2.05, 4.69) is 11.5 Å². The summed E-state index contributed by atoms with van der Waals surface area (Å²) in [5.74, 6) is -0.333. The van der Waals surface area contributed by atoms with E-state index in [1.807, 2.05) is 0 Å². The van der Waals surface area contributed by atoms with Gasteiger partial charge in [-0.05, 0) is 0 Å². The van der Waals surface area contributed by atoms with Crippen molar-refractivity contribution in [2.75, 3.05) is 0 Å². The Morgan fingerprint density at radius 3 is 0.583 bits per heavy atom. The third kappa shape index (κ3) is 514. The lowest BCUT2D eigenvalue weighted by Crippen LogP contribution is -2.20. The van der Waals surface area contributed by atoms with E-state index < -0.39 is 0 Å². The highest BCUT2D eigenvalue weighted by molar-refractivity contribution is 5.86. The van der Waals surface area contributed by atoms with E-state index in [4.69, 9.17) is 5.41 Å². The molecular formula is CH13Cl8N3. The highest BCUT2D eigenvalue weighted by Crippen LogP contribution is 1.13. The second-order valence-electron chi connectivity index (χ2n) is 0.455. The molecule has 0 rings (SSSR count). The molecule has 12 heavy (non-hydrogen) atoms. The Morgan fingerprint density at radius 1 is 0.583 bits per heavy atom. The third-order valence-corrected chi connectivity index (χ3v) is 0. The zero-order chi connectivity index (χ0) is 3.58. The minimum atomic E-state index is -0.333. The first-order valence-electron chi connectivity index (χ1n) is 0.827. The smallest absolute Gasteiger partial charge is 0.183 e. The number of guanidine groups is 1. The molecule has 0 heterocycles. The maximum Gasteiger partial charge on any atom is 0.183 e. The average molecular weight is 351 g/mol. The fraction of sp³-hybridized carbons (Fsp3) is 0. The molecule has 0 aromatic carbocycles. The van der Waals surface area contributed by atoms with Crippen molar-refractivity contribution >= 4 is 105 Å². The van der Waals surface area contributed by atoms with Gasteiger partial charge in [-0.1, -0.05) is 0 Å². The van der Waals surface area contributed by atoms with Crippen LogP contribution in [0.2, 0.25) is 0 Å². The van der Waals surface area contributed by atoms with Crippen LogP contribution in [-0.4, -0.2) is 5.96 Å². The first-order valence-corrected chi connectivity index (χ1v) is 0.827. The van der Waals surface area contributed by atoms with Crippen LogP contribution in [0.5, 0.6) is 0 Å². The molecule has 0 aromatic rings. The van der Waals surface area contributed by atoms with Crippen molar-refractivity contribution in [3.8, 4) is 0 Å². The Balaban J connectivity index is -0.00000000161. The van der Waals surface area contributed by atoms with Gasteiger partial charge >= 0.3 is 0 Å². The van der Waals surface area contributed by atoms with Gasteiger partial charge in [-0.25, -0.2) is 0 Å². The Kier molecular flexibility index (Phi) is 684. The molecule has 0 unspecified atom stereocenters. The number of hydrogen-bond donors (Lipinski definition) is 3. The summed E-state index contributed by atoms with van der Waals surface area (Å²) in [6.07, 6.45) is 0. The molecule has 0 aromatic heterocycles. The summed E-state index contributed by atoms with van der Waals surface area (Å²) < 4.78 is 0. The van der Waals surface area contributed by atoms with Gasteiger partial charge in [0.2, 0.25) is 0 Å². The molecule has 0 saturated carbocycles. The van der Waals surface area contributed by atoms with Crippen molar-refractivity contribution in [1.82, 2.24) is 0 Å². The summed E-state index contributed by atoms with van der Waals surface area (Å²) >= 11 is 0. The number of hydrogen-bond acceptors (Lipinski definition) is 1. The number of nitrogens with one attached hydrogen (secondary N) is 1. The van der Waals surface area contributed by atoms with Gasteiger partial charge in [-0.3, -0.25) is 5.41 Å². The Bertz CT molecular complexity index is 37.3. The van der Waals surface area contributed by atoms with Gasteiger partial charge in [-0.2, -0.15) is 0 Å². The van der Waals surface area contributed by atoms with E-state index in [9.17, 15) is 0 Å². The second kappa shape index (κ2) is 80.3. The van der Waals surface area contributed by atoms with Crippen molar-refractivity contribution in [3.05, 3.63) is 0 Å². The normalized spacial score (nSPS) is 2.00. The summed E-state index contributed by atoms with van der Waals surface area (Å²) in [6, 6.07) is 0. The monoisotopic (exact) mass is 347 g/mol. The Labute approximate surface area is 121 Å². The first-order chi connectivity index (χ1) is 1.73. The van der Waals surface area contributed by atoms with Gasteiger partial charge in [0.1, 0.15) is 0 Å². The van der Waals surface area contributed by atoms with E-state index in [-0.39, 0.29) is 105 Å². The van der Waals surface area contributed by atoms with Crippen LogP contribution in [0.15, 0.2) is 0 Å². The predicted molar refractivity (Wildman–Crippen MR) is 74.1 cm³/mol. The molecule has 0 saturated heterocycles. The molecule has 0 bridgehead atoms. The number of halogens is 8. The van der Waals surface area contributed by atoms with Crippen LogP contribution in [0.1, 0.15) is 0 Å². The van der Waals surface area contributed by atoms with Crippen molar-refractivity contribution in [2.45, 2.75) is 0 Å². The molecule has 0 radical (unpaired) electrons. The van der Waals surface area contributed by atoms with Crippen LogP contribution in [0.4, 0.5) is 0 Å². The molecule has 0 spiro atoms. The average Bonchev–Trinajstić information content (AvgIpc) is 0.811. The fourth-order valence-electron chi connectivity index (χ4n) is 0. The van der Waals surface area contributed by atoms with Gasteiger partial charge in [0.05, 0.1) is 0 Å². The van der Waals surface area contributed by atoms with E-state index in [0.717, 1.165) is 0 Å². The van der Waals surface area contributed by atoms with E-state index in [0.29, 0.717) is 0 Å². The molecule has 0 aliphatic rings. The summed E-state index contributed by atoms with van der Waals surface area (Å²) in [5.41, 5.74) is 8.94. The molecule has 5 N–H and O–H groups in total. The predicted octanol–water partition coefficient (Wildman–Crippen LogP) is 2.21. The van der Waals surface area contributed by atoms with E-state index in [1.165, 1.54) is 0 Å². The van der Waals surface area contributed by atoms with Crippen molar-refractivity contribution in [2.24, 2.45) is 11.5 Å². The zero-order valence-electron chi connectivity index (χ0n) is 5.42. The highest BCUT2D eigenvalue weighted by atomic mass is 35.5. The molecule has 0 aliphatic carbocycles. The van der Waals surface area contributed by atoms with Crippen LogP contribution < -0.4 is 11.5 Å². The maximum atomic E-state index is 6.06. The maximum absolute atomic E-state index is 6.06. The number of rotatable bonds is 0. The topological polar surface area (TPSA) is 75.9 Å². The van der Waals surface area contributed by atoms with Crippen molar-refractivity contribution in [3.63, 3.8) is 0 Å². The van der Waals surface area contributed by atoms with Gasteiger partial charge in [-0.15, -0.1) is 99.3 Å². The molecule has 88 valence electrons. The van der Waals surface area contributed by atoms with Gasteiger partial charge in [0, 0.05) is 0 Å². The molecule has 0 aliphatic heterocycles. The van der Waals surface area contributed by atoms with Crippen LogP contribution in [-0.2, 0) is 0 Å². The first kappa shape index (κ1) is 102. The lowest BCUT2D eigenvalue weighted by Gasteiger charge is -1.69. The summed E-state index contributed by atoms with van der Waals surface area (Å²) in [5, 5.41) is 6.06. The minimum Gasteiger partial charge on any atom is -0.370 e. The van der Waals surface area contributed by atoms with Crippen LogP contribution in [0.3, 0.4) is 0 Å². The SMILES string of the molecule is Cl.Cl.Cl.Cl.Cl.Cl.Cl.Cl.N=C(N)N. The van der Waals surface area contributed by atoms with E-state index >= 15 is 0 Å². The Hall–Kier alpha value is 1.59. The molecule has 0 fully saturated rings. The highest BCUT2D eigenvalue weighted by Gasteiger charge is 1.52. The van der Waals surface area contributed by atoms with Crippen LogP contribution >= 0.6 is 99.3 Å². The molecule has 0 amide bonds. The van der Waals surface area contributed by atoms with Gasteiger partial charge < -0.3 is 11.5 Å². The van der Waals surface area contributed by atoms with E-state index in [1.54, 1.807) is 0 Å². The van der Waals surface area contributed by atoms with Crippen LogP contribution in [0.25, 0.3) is 0 Å². The molecular weight excluding hydrogens is 338 g/mol. The van der Waals surface area contributed by atoms with Crippen LogP contribution in [0, 0.1) is 5.41 Å². The second-order valence-corrected chi connectivity index (χ2v) is 0.455. The standard InChI is InChI=1S/CH5N3.8ClH/c2-1(3)4;;;;;;;;/h(H5,2,3,4);8*1H. The molecule has 3 nitrogen and oxygen atoms in total. The lowest BCUT2D eigenvalue weighted by molar-refractivity contribution is 1.39. The van der Waals surface area contributed by atoms with Crippen molar-refractivity contribution < 1.29 is 0 Å². The number of nitrogens with two attached hydrogens (primary N) is 2. The summed E-state index contributed by atoms with van der Waals surface area (Å²) in [4.78, 5) is 0. The Morgan fingerprint density at radius 2 is 0.583 bits per heavy atom. The largest absolute Gasteiger partial charge is 0.370 e. The lowest BCUT2D eigenvalue weighted by atomic mass is 11.1.